The van der Waals surface area contributed by atoms with Crippen LogP contribution < -0.4 is 5.32 Å². The van der Waals surface area contributed by atoms with Crippen molar-refractivity contribution in [2.24, 2.45) is 11.3 Å². The fraction of sp³-hybridized carbons (Fsp3) is 0.500. The third-order valence-corrected chi connectivity index (χ3v) is 5.63. The third kappa shape index (κ3) is 6.01. The second-order valence-corrected chi connectivity index (χ2v) is 9.41. The van der Waals surface area contributed by atoms with Crippen LogP contribution in [0.5, 0.6) is 0 Å². The lowest BCUT2D eigenvalue weighted by Crippen LogP contribution is -2.47. The average Bonchev–Trinajstić information content (AvgIpc) is 3.25. The predicted molar refractivity (Wildman–Crippen MR) is 122 cm³/mol. The summed E-state index contributed by atoms with van der Waals surface area (Å²) < 4.78 is 46.4. The summed E-state index contributed by atoms with van der Waals surface area (Å²) in [6.45, 7) is 7.85. The van der Waals surface area contributed by atoms with Gasteiger partial charge in [-0.1, -0.05) is 20.8 Å². The minimum atomic E-state index is -4.84. The molecule has 2 amide bonds. The Morgan fingerprint density at radius 3 is 2.37 bits per heavy atom. The monoisotopic (exact) mass is 494 g/mol. The minimum Gasteiger partial charge on any atom is -0.462 e. The number of esters is 1. The van der Waals surface area contributed by atoms with E-state index in [0.717, 1.165) is 6.20 Å². The van der Waals surface area contributed by atoms with Crippen molar-refractivity contribution in [2.45, 2.75) is 46.7 Å². The zero-order valence-corrected chi connectivity index (χ0v) is 20.1. The number of nitrogens with zero attached hydrogens (tertiary/aromatic N) is 3. The Morgan fingerprint density at radius 1 is 1.14 bits per heavy atom. The minimum absolute atomic E-state index is 0.0127. The summed E-state index contributed by atoms with van der Waals surface area (Å²) in [6.07, 6.45) is -2.68. The summed E-state index contributed by atoms with van der Waals surface area (Å²) in [5.41, 5.74) is -2.00. The first-order valence-corrected chi connectivity index (χ1v) is 11.4. The topological polar surface area (TPSA) is 93.5 Å². The number of nitrogens with one attached hydrogen (secondary N) is 1. The van der Waals surface area contributed by atoms with Crippen molar-refractivity contribution in [1.82, 2.24) is 14.7 Å². The van der Waals surface area contributed by atoms with E-state index in [1.165, 1.54) is 31.2 Å². The molecule has 35 heavy (non-hydrogen) atoms. The number of rotatable bonds is 5. The van der Waals surface area contributed by atoms with Crippen LogP contribution in [0, 0.1) is 11.3 Å². The van der Waals surface area contributed by atoms with Crippen molar-refractivity contribution >= 4 is 23.5 Å². The summed E-state index contributed by atoms with van der Waals surface area (Å²) in [5, 5.41) is 6.51. The number of hydrogen-bond acceptors (Lipinski definition) is 5. The van der Waals surface area contributed by atoms with E-state index in [1.54, 1.807) is 4.90 Å². The molecule has 190 valence electrons. The van der Waals surface area contributed by atoms with Crippen LogP contribution in [0.4, 0.5) is 18.9 Å². The summed E-state index contributed by atoms with van der Waals surface area (Å²) >= 11 is 0. The number of amides is 2. The highest BCUT2D eigenvalue weighted by atomic mass is 19.4. The molecule has 8 nitrogen and oxygen atoms in total. The van der Waals surface area contributed by atoms with E-state index in [1.807, 2.05) is 20.8 Å². The second-order valence-electron chi connectivity index (χ2n) is 9.41. The summed E-state index contributed by atoms with van der Waals surface area (Å²) in [7, 11) is 0. The van der Waals surface area contributed by atoms with Crippen molar-refractivity contribution in [3.63, 3.8) is 0 Å². The summed E-state index contributed by atoms with van der Waals surface area (Å²) in [5.74, 6) is -1.77. The van der Waals surface area contributed by atoms with Gasteiger partial charge in [-0.05, 0) is 44.0 Å². The van der Waals surface area contributed by atoms with Crippen LogP contribution in [0.1, 0.15) is 56.6 Å². The molecule has 3 rings (SSSR count). The molecule has 1 N–H and O–H groups in total. The number of halogens is 3. The lowest BCUT2D eigenvalue weighted by Gasteiger charge is -2.35. The van der Waals surface area contributed by atoms with Gasteiger partial charge in [0.1, 0.15) is 5.56 Å². The second kappa shape index (κ2) is 10.1. The standard InChI is InChI=1S/C24H29F3N4O4/c1-5-35-21(33)18-13-28-31(19(18)24(25,26)27)17-10-8-16(9-11-17)29-20(32)15-7-6-12-30(14-15)22(34)23(2,3)4/h8-11,13,15H,5-7,12,14H2,1-4H3,(H,29,32). The Bertz CT molecular complexity index is 1090. The van der Waals surface area contributed by atoms with E-state index in [9.17, 15) is 27.6 Å². The zero-order chi connectivity index (χ0) is 26.0. The number of ether oxygens (including phenoxy) is 1. The molecule has 1 aliphatic heterocycles. The maximum Gasteiger partial charge on any atom is 0.434 e. The molecule has 1 atom stereocenters. The van der Waals surface area contributed by atoms with Gasteiger partial charge in [0.15, 0.2) is 5.69 Å². The lowest BCUT2D eigenvalue weighted by atomic mass is 9.91. The van der Waals surface area contributed by atoms with Gasteiger partial charge in [-0.3, -0.25) is 9.59 Å². The molecule has 2 heterocycles. The molecular formula is C24H29F3N4O4. The van der Waals surface area contributed by atoms with Crippen LogP contribution in [0.2, 0.25) is 0 Å². The molecule has 1 aliphatic rings. The average molecular weight is 495 g/mol. The first-order valence-electron chi connectivity index (χ1n) is 11.4. The van der Waals surface area contributed by atoms with Gasteiger partial charge in [0.25, 0.3) is 0 Å². The number of hydrogen-bond donors (Lipinski definition) is 1. The Hall–Kier alpha value is -3.37. The normalized spacial score (nSPS) is 16.7. The molecule has 11 heteroatoms. The van der Waals surface area contributed by atoms with Crippen LogP contribution in [0.15, 0.2) is 30.5 Å². The van der Waals surface area contributed by atoms with Gasteiger partial charge in [0.05, 0.1) is 24.4 Å². The highest BCUT2D eigenvalue weighted by Gasteiger charge is 2.41. The molecule has 0 radical (unpaired) electrons. The number of benzene rings is 1. The quantitative estimate of drug-likeness (QED) is 0.626. The van der Waals surface area contributed by atoms with E-state index in [-0.39, 0.29) is 30.0 Å². The first kappa shape index (κ1) is 26.2. The highest BCUT2D eigenvalue weighted by molar-refractivity contribution is 5.93. The van der Waals surface area contributed by atoms with Gasteiger partial charge >= 0.3 is 12.1 Å². The molecule has 0 spiro atoms. The number of anilines is 1. The van der Waals surface area contributed by atoms with E-state index in [2.05, 4.69) is 10.4 Å². The molecule has 0 aliphatic carbocycles. The van der Waals surface area contributed by atoms with Gasteiger partial charge in [-0.15, -0.1) is 0 Å². The van der Waals surface area contributed by atoms with Gasteiger partial charge in [-0.25, -0.2) is 9.48 Å². The first-order chi connectivity index (χ1) is 16.3. The van der Waals surface area contributed by atoms with Gasteiger partial charge in [0, 0.05) is 24.2 Å². The Labute approximate surface area is 201 Å². The van der Waals surface area contributed by atoms with E-state index >= 15 is 0 Å². The van der Waals surface area contributed by atoms with E-state index in [0.29, 0.717) is 36.3 Å². The van der Waals surface area contributed by atoms with Crippen LogP contribution in [-0.2, 0) is 20.5 Å². The molecule has 1 aromatic heterocycles. The summed E-state index contributed by atoms with van der Waals surface area (Å²) in [6, 6.07) is 5.65. The van der Waals surface area contributed by atoms with Crippen LogP contribution in [-0.4, -0.2) is 52.2 Å². The third-order valence-electron chi connectivity index (χ3n) is 5.63. The van der Waals surface area contributed by atoms with Gasteiger partial charge in [-0.2, -0.15) is 18.3 Å². The lowest BCUT2D eigenvalue weighted by molar-refractivity contribution is -0.143. The molecule has 0 saturated carbocycles. The Balaban J connectivity index is 1.75. The van der Waals surface area contributed by atoms with Gasteiger partial charge in [0.2, 0.25) is 11.8 Å². The number of piperidine rings is 1. The van der Waals surface area contributed by atoms with Crippen molar-refractivity contribution in [1.29, 1.82) is 0 Å². The number of alkyl halides is 3. The zero-order valence-electron chi connectivity index (χ0n) is 20.1. The number of likely N-dealkylation sites (tertiary alicyclic amines) is 1. The highest BCUT2D eigenvalue weighted by Crippen LogP contribution is 2.34. The SMILES string of the molecule is CCOC(=O)c1cnn(-c2ccc(NC(=O)C3CCCN(C(=O)C(C)(C)C)C3)cc2)c1C(F)(F)F. The number of aromatic nitrogens is 2. The fourth-order valence-electron chi connectivity index (χ4n) is 3.96. The maximum atomic E-state index is 13.7. The van der Waals surface area contributed by atoms with Crippen LogP contribution in [0.25, 0.3) is 5.69 Å². The largest absolute Gasteiger partial charge is 0.462 e. The maximum absolute atomic E-state index is 13.7. The Kier molecular flexibility index (Phi) is 7.56. The molecule has 1 aromatic carbocycles. The molecule has 1 fully saturated rings. The number of carbonyl (C=O) groups excluding carboxylic acids is 3. The van der Waals surface area contributed by atoms with Crippen molar-refractivity contribution < 1.29 is 32.3 Å². The van der Waals surface area contributed by atoms with E-state index in [4.69, 9.17) is 4.74 Å². The predicted octanol–water partition coefficient (Wildman–Crippen LogP) is 4.29. The van der Waals surface area contributed by atoms with E-state index < -0.39 is 28.8 Å². The molecule has 2 aromatic rings. The molecule has 0 bridgehead atoms. The van der Waals surface area contributed by atoms with Gasteiger partial charge < -0.3 is 15.0 Å². The smallest absolute Gasteiger partial charge is 0.434 e. The number of carbonyl (C=O) groups is 3. The molecule has 1 unspecified atom stereocenters. The van der Waals surface area contributed by atoms with Crippen molar-refractivity contribution in [2.75, 3.05) is 25.0 Å². The van der Waals surface area contributed by atoms with Crippen molar-refractivity contribution in [3.8, 4) is 5.69 Å². The van der Waals surface area contributed by atoms with Crippen LogP contribution >= 0.6 is 0 Å². The molecular weight excluding hydrogens is 465 g/mol. The van der Waals surface area contributed by atoms with Crippen molar-refractivity contribution in [3.05, 3.63) is 41.7 Å². The Morgan fingerprint density at radius 2 is 1.80 bits per heavy atom. The summed E-state index contributed by atoms with van der Waals surface area (Å²) in [4.78, 5) is 39.0. The molecule has 1 saturated heterocycles. The fourth-order valence-corrected chi connectivity index (χ4v) is 3.96. The van der Waals surface area contributed by atoms with Crippen LogP contribution in [0.3, 0.4) is 0 Å².